The van der Waals surface area contributed by atoms with E-state index in [1.54, 1.807) is 17.9 Å². The molecule has 21 heavy (non-hydrogen) atoms. The lowest BCUT2D eigenvalue weighted by Gasteiger charge is -2.21. The molecule has 0 unspecified atom stereocenters. The molecule has 2 atom stereocenters. The van der Waals surface area contributed by atoms with E-state index in [-0.39, 0.29) is 24.5 Å². The Balaban J connectivity index is 1.82. The van der Waals surface area contributed by atoms with E-state index in [0.29, 0.717) is 5.82 Å². The van der Waals surface area contributed by atoms with Crippen molar-refractivity contribution in [3.05, 3.63) is 30.2 Å². The van der Waals surface area contributed by atoms with Crippen molar-refractivity contribution in [1.82, 2.24) is 24.9 Å². The maximum Gasteiger partial charge on any atom is 0.239 e. The smallest absolute Gasteiger partial charge is 0.239 e. The highest BCUT2D eigenvalue weighted by atomic mass is 16.2. The molecule has 0 saturated heterocycles. The number of carbonyl (C=O) groups excluding carboxylic acids is 1. The maximum absolute atomic E-state index is 12.0. The third-order valence-corrected chi connectivity index (χ3v) is 3.52. The Hall–Kier alpha value is -2.15. The summed E-state index contributed by atoms with van der Waals surface area (Å²) in [6.07, 6.45) is 3.67. The van der Waals surface area contributed by atoms with Crippen molar-refractivity contribution in [1.29, 1.82) is 0 Å². The zero-order valence-electron chi connectivity index (χ0n) is 12.9. The molecule has 2 N–H and O–H groups in total. The fourth-order valence-electron chi connectivity index (χ4n) is 2.09. The quantitative estimate of drug-likeness (QED) is 0.835. The van der Waals surface area contributed by atoms with Crippen molar-refractivity contribution in [2.45, 2.75) is 32.9 Å². The Bertz CT molecular complexity index is 589. The molecule has 0 radical (unpaired) electrons. The molecule has 7 nitrogen and oxygen atoms in total. The number of hydrogen-bond donors (Lipinski definition) is 2. The van der Waals surface area contributed by atoms with Crippen molar-refractivity contribution in [2.24, 2.45) is 7.05 Å². The Kier molecular flexibility index (Phi) is 4.74. The van der Waals surface area contributed by atoms with Gasteiger partial charge >= 0.3 is 0 Å². The Labute approximate surface area is 124 Å². The molecule has 0 saturated carbocycles. The molecule has 0 aromatic carbocycles. The standard InChI is InChI=1S/C14H22N6O/c1-10-8-13(19(4)18-10)17-14(21)9-15-11(2)12(3)20-7-5-6-16-20/h5-8,11-12,15H,9H2,1-4H3,(H,17,21)/t11-,12-/m1/s1. The van der Waals surface area contributed by atoms with Crippen LogP contribution in [0.2, 0.25) is 0 Å². The molecule has 0 aliphatic rings. The highest BCUT2D eigenvalue weighted by Crippen LogP contribution is 2.09. The summed E-state index contributed by atoms with van der Waals surface area (Å²) in [4.78, 5) is 12.0. The second-order valence-electron chi connectivity index (χ2n) is 5.24. The molecule has 114 valence electrons. The lowest BCUT2D eigenvalue weighted by Crippen LogP contribution is -2.39. The van der Waals surface area contributed by atoms with E-state index < -0.39 is 0 Å². The van der Waals surface area contributed by atoms with Crippen molar-refractivity contribution in [2.75, 3.05) is 11.9 Å². The predicted octanol–water partition coefficient (Wildman–Crippen LogP) is 1.10. The van der Waals surface area contributed by atoms with Gasteiger partial charge in [0.1, 0.15) is 5.82 Å². The van der Waals surface area contributed by atoms with Crippen molar-refractivity contribution >= 4 is 11.7 Å². The van der Waals surface area contributed by atoms with Gasteiger partial charge in [0.15, 0.2) is 0 Å². The molecular weight excluding hydrogens is 268 g/mol. The van der Waals surface area contributed by atoms with Crippen LogP contribution >= 0.6 is 0 Å². The summed E-state index contributed by atoms with van der Waals surface area (Å²) in [6, 6.07) is 4.03. The Morgan fingerprint density at radius 3 is 2.76 bits per heavy atom. The van der Waals surface area contributed by atoms with Gasteiger partial charge < -0.3 is 10.6 Å². The van der Waals surface area contributed by atoms with E-state index in [9.17, 15) is 4.79 Å². The molecule has 0 aliphatic heterocycles. The van der Waals surface area contributed by atoms with Gasteiger partial charge in [0.05, 0.1) is 18.3 Å². The molecule has 0 bridgehead atoms. The average Bonchev–Trinajstić information content (AvgIpc) is 3.06. The van der Waals surface area contributed by atoms with Crippen LogP contribution in [-0.2, 0) is 11.8 Å². The summed E-state index contributed by atoms with van der Waals surface area (Å²) in [6.45, 7) is 6.24. The summed E-state index contributed by atoms with van der Waals surface area (Å²) in [5.74, 6) is 0.615. The minimum absolute atomic E-state index is 0.0856. The molecule has 0 aliphatic carbocycles. The normalized spacial score (nSPS) is 13.9. The summed E-state index contributed by atoms with van der Waals surface area (Å²) in [5, 5.41) is 14.5. The average molecular weight is 290 g/mol. The molecule has 7 heteroatoms. The van der Waals surface area contributed by atoms with Gasteiger partial charge in [0.25, 0.3) is 0 Å². The van der Waals surface area contributed by atoms with Gasteiger partial charge in [-0.05, 0) is 26.8 Å². The van der Waals surface area contributed by atoms with Gasteiger partial charge in [0, 0.05) is 31.5 Å². The van der Waals surface area contributed by atoms with E-state index in [0.717, 1.165) is 5.69 Å². The number of hydrogen-bond acceptors (Lipinski definition) is 4. The summed E-state index contributed by atoms with van der Waals surface area (Å²) in [7, 11) is 1.80. The third-order valence-electron chi connectivity index (χ3n) is 3.52. The number of anilines is 1. The van der Waals surface area contributed by atoms with Gasteiger partial charge in [-0.25, -0.2) is 0 Å². The van der Waals surface area contributed by atoms with Crippen LogP contribution in [0.25, 0.3) is 0 Å². The summed E-state index contributed by atoms with van der Waals surface area (Å²) in [5.41, 5.74) is 0.876. The highest BCUT2D eigenvalue weighted by molar-refractivity contribution is 5.91. The lowest BCUT2D eigenvalue weighted by molar-refractivity contribution is -0.115. The second kappa shape index (κ2) is 6.53. The molecule has 2 rings (SSSR count). The number of amides is 1. The molecule has 0 spiro atoms. The maximum atomic E-state index is 12.0. The zero-order chi connectivity index (χ0) is 15.4. The Morgan fingerprint density at radius 1 is 1.43 bits per heavy atom. The fourth-order valence-corrected chi connectivity index (χ4v) is 2.09. The molecule has 2 heterocycles. The van der Waals surface area contributed by atoms with Crippen LogP contribution in [0.4, 0.5) is 5.82 Å². The summed E-state index contributed by atoms with van der Waals surface area (Å²) < 4.78 is 3.53. The van der Waals surface area contributed by atoms with E-state index in [4.69, 9.17) is 0 Å². The van der Waals surface area contributed by atoms with Crippen molar-refractivity contribution in [3.8, 4) is 0 Å². The van der Waals surface area contributed by atoms with E-state index in [1.165, 1.54) is 0 Å². The first kappa shape index (κ1) is 15.2. The number of aromatic nitrogens is 4. The molecule has 1 amide bonds. The summed E-state index contributed by atoms with van der Waals surface area (Å²) >= 11 is 0. The van der Waals surface area contributed by atoms with Gasteiger partial charge in [-0.2, -0.15) is 10.2 Å². The van der Waals surface area contributed by atoms with Crippen LogP contribution in [-0.4, -0.2) is 38.1 Å². The zero-order valence-corrected chi connectivity index (χ0v) is 12.9. The van der Waals surface area contributed by atoms with Gasteiger partial charge in [-0.3, -0.25) is 14.2 Å². The van der Waals surface area contributed by atoms with Crippen LogP contribution < -0.4 is 10.6 Å². The predicted molar refractivity (Wildman–Crippen MR) is 81.0 cm³/mol. The lowest BCUT2D eigenvalue weighted by atomic mass is 10.2. The van der Waals surface area contributed by atoms with Crippen molar-refractivity contribution in [3.63, 3.8) is 0 Å². The van der Waals surface area contributed by atoms with Gasteiger partial charge in [-0.1, -0.05) is 0 Å². The number of aryl methyl sites for hydroxylation is 2. The van der Waals surface area contributed by atoms with E-state index in [1.807, 2.05) is 36.9 Å². The van der Waals surface area contributed by atoms with Crippen LogP contribution in [0.5, 0.6) is 0 Å². The number of rotatable bonds is 6. The molecular formula is C14H22N6O. The highest BCUT2D eigenvalue weighted by Gasteiger charge is 2.15. The third kappa shape index (κ3) is 3.91. The van der Waals surface area contributed by atoms with Crippen molar-refractivity contribution < 1.29 is 4.79 Å². The van der Waals surface area contributed by atoms with Gasteiger partial charge in [0.2, 0.25) is 5.91 Å². The van der Waals surface area contributed by atoms with Crippen LogP contribution in [0.15, 0.2) is 24.5 Å². The topological polar surface area (TPSA) is 76.8 Å². The first-order valence-electron chi connectivity index (χ1n) is 7.00. The van der Waals surface area contributed by atoms with Crippen LogP contribution in [0.1, 0.15) is 25.6 Å². The number of nitrogens with one attached hydrogen (secondary N) is 2. The molecule has 0 fully saturated rings. The monoisotopic (exact) mass is 290 g/mol. The fraction of sp³-hybridized carbons (Fsp3) is 0.500. The van der Waals surface area contributed by atoms with E-state index >= 15 is 0 Å². The molecule has 2 aromatic heterocycles. The largest absolute Gasteiger partial charge is 0.310 e. The van der Waals surface area contributed by atoms with Gasteiger partial charge in [-0.15, -0.1) is 0 Å². The SMILES string of the molecule is Cc1cc(NC(=O)CN[C@H](C)[C@@H](C)n2cccn2)n(C)n1. The van der Waals surface area contributed by atoms with Crippen LogP contribution in [0.3, 0.4) is 0 Å². The second-order valence-corrected chi connectivity index (χ2v) is 5.24. The van der Waals surface area contributed by atoms with E-state index in [2.05, 4.69) is 27.8 Å². The molecule has 2 aromatic rings. The number of nitrogens with zero attached hydrogens (tertiary/aromatic N) is 4. The Morgan fingerprint density at radius 2 is 2.19 bits per heavy atom. The minimum atomic E-state index is -0.0856. The number of carbonyl (C=O) groups is 1. The van der Waals surface area contributed by atoms with Crippen LogP contribution in [0, 0.1) is 6.92 Å². The first-order valence-corrected chi connectivity index (χ1v) is 7.00. The minimum Gasteiger partial charge on any atom is -0.310 e. The first-order chi connectivity index (χ1) is 9.97.